The molecule has 1 aromatic carbocycles. The molecule has 0 saturated carbocycles. The Bertz CT molecular complexity index is 873. The van der Waals surface area contributed by atoms with Crippen LogP contribution in [0.15, 0.2) is 30.5 Å². The van der Waals surface area contributed by atoms with Crippen molar-refractivity contribution in [1.82, 2.24) is 9.78 Å². The Hall–Kier alpha value is -3.04. The number of ether oxygens (including phenoxy) is 1. The smallest absolute Gasteiger partial charge is 0.435 e. The third-order valence-corrected chi connectivity index (χ3v) is 4.38. The Morgan fingerprint density at radius 1 is 1.21 bits per heavy atom. The van der Waals surface area contributed by atoms with Gasteiger partial charge in [-0.25, -0.2) is 4.79 Å². The number of esters is 1. The second-order valence-corrected chi connectivity index (χ2v) is 6.36. The van der Waals surface area contributed by atoms with Crippen molar-refractivity contribution < 1.29 is 27.5 Å². The number of hydrogen-bond acceptors (Lipinski definition) is 5. The second kappa shape index (κ2) is 7.91. The highest BCUT2D eigenvalue weighted by atomic mass is 19.4. The molecule has 1 fully saturated rings. The minimum absolute atomic E-state index is 0.263. The summed E-state index contributed by atoms with van der Waals surface area (Å²) in [6.07, 6.45) is -1.45. The van der Waals surface area contributed by atoms with E-state index in [1.807, 2.05) is 0 Å². The Balaban J connectivity index is 1.79. The van der Waals surface area contributed by atoms with E-state index in [0.717, 1.165) is 48.6 Å². The average Bonchev–Trinajstić information content (AvgIpc) is 3.32. The number of nitrogens with one attached hydrogen (secondary N) is 1. The molecule has 1 N–H and O–H groups in total. The molecule has 0 atom stereocenters. The number of alkyl halides is 3. The van der Waals surface area contributed by atoms with Gasteiger partial charge in [-0.05, 0) is 37.1 Å². The van der Waals surface area contributed by atoms with Gasteiger partial charge in [0, 0.05) is 19.3 Å². The summed E-state index contributed by atoms with van der Waals surface area (Å²) in [4.78, 5) is 26.2. The van der Waals surface area contributed by atoms with E-state index in [1.165, 1.54) is 13.2 Å². The molecule has 1 aliphatic heterocycles. The van der Waals surface area contributed by atoms with Gasteiger partial charge in [-0.1, -0.05) is 0 Å². The van der Waals surface area contributed by atoms with Crippen LogP contribution in [0.4, 0.5) is 24.5 Å². The second-order valence-electron chi connectivity index (χ2n) is 6.36. The highest BCUT2D eigenvalue weighted by Gasteiger charge is 2.33. The minimum atomic E-state index is -4.57. The van der Waals surface area contributed by atoms with Crippen molar-refractivity contribution in [3.05, 3.63) is 41.7 Å². The van der Waals surface area contributed by atoms with Crippen molar-refractivity contribution in [2.45, 2.75) is 25.6 Å². The van der Waals surface area contributed by atoms with Crippen LogP contribution in [0.2, 0.25) is 0 Å². The topological polar surface area (TPSA) is 76.5 Å². The monoisotopic (exact) mass is 396 g/mol. The maximum atomic E-state index is 12.6. The molecular formula is C18H19F3N4O3. The molecule has 2 aromatic rings. The zero-order valence-corrected chi connectivity index (χ0v) is 15.1. The van der Waals surface area contributed by atoms with E-state index in [1.54, 1.807) is 12.1 Å². The van der Waals surface area contributed by atoms with Crippen LogP contribution >= 0.6 is 0 Å². The molecule has 1 saturated heterocycles. The number of benzene rings is 1. The van der Waals surface area contributed by atoms with Gasteiger partial charge < -0.3 is 15.0 Å². The summed E-state index contributed by atoms with van der Waals surface area (Å²) in [5.41, 5.74) is 0.345. The molecule has 1 aliphatic rings. The fourth-order valence-electron chi connectivity index (χ4n) is 3.05. The van der Waals surface area contributed by atoms with Gasteiger partial charge in [0.25, 0.3) is 0 Å². The molecule has 7 nitrogen and oxygen atoms in total. The maximum absolute atomic E-state index is 12.6. The van der Waals surface area contributed by atoms with Gasteiger partial charge in [0.2, 0.25) is 5.91 Å². The van der Waals surface area contributed by atoms with Crippen LogP contribution in [0.25, 0.3) is 0 Å². The third-order valence-electron chi connectivity index (χ3n) is 4.38. The quantitative estimate of drug-likeness (QED) is 0.787. The van der Waals surface area contributed by atoms with Crippen LogP contribution in [-0.2, 0) is 22.3 Å². The van der Waals surface area contributed by atoms with Crippen LogP contribution in [0.3, 0.4) is 0 Å². The van der Waals surface area contributed by atoms with E-state index in [9.17, 15) is 22.8 Å². The fraction of sp³-hybridized carbons (Fsp3) is 0.389. The summed E-state index contributed by atoms with van der Waals surface area (Å²) >= 11 is 0. The number of carbonyl (C=O) groups is 2. The number of anilines is 2. The van der Waals surface area contributed by atoms with Crippen LogP contribution in [0, 0.1) is 0 Å². The summed E-state index contributed by atoms with van der Waals surface area (Å²) in [5.74, 6) is -1.11. The highest BCUT2D eigenvalue weighted by Crippen LogP contribution is 2.31. The molecule has 0 bridgehead atoms. The fourth-order valence-corrected chi connectivity index (χ4v) is 3.05. The van der Waals surface area contributed by atoms with E-state index in [-0.39, 0.29) is 5.56 Å². The lowest BCUT2D eigenvalue weighted by Gasteiger charge is -2.22. The van der Waals surface area contributed by atoms with Crippen molar-refractivity contribution in [3.8, 4) is 0 Å². The van der Waals surface area contributed by atoms with Crippen molar-refractivity contribution in [3.63, 3.8) is 0 Å². The maximum Gasteiger partial charge on any atom is 0.435 e. The number of halogens is 3. The molecular weight excluding hydrogens is 377 g/mol. The number of nitrogens with zero attached hydrogens (tertiary/aromatic N) is 3. The normalized spacial score (nSPS) is 14.2. The molecule has 0 aliphatic carbocycles. The number of hydrogen-bond donors (Lipinski definition) is 1. The molecule has 0 unspecified atom stereocenters. The van der Waals surface area contributed by atoms with E-state index in [0.29, 0.717) is 5.69 Å². The zero-order valence-electron chi connectivity index (χ0n) is 15.1. The van der Waals surface area contributed by atoms with Crippen LogP contribution in [-0.4, -0.2) is 41.9 Å². The zero-order chi connectivity index (χ0) is 20.3. The Kier molecular flexibility index (Phi) is 5.57. The van der Waals surface area contributed by atoms with Crippen molar-refractivity contribution in [2.75, 3.05) is 30.4 Å². The average molecular weight is 396 g/mol. The molecule has 1 amide bonds. The molecule has 1 aromatic heterocycles. The van der Waals surface area contributed by atoms with Crippen molar-refractivity contribution >= 4 is 23.3 Å². The first kappa shape index (κ1) is 19.7. The van der Waals surface area contributed by atoms with E-state index in [4.69, 9.17) is 4.74 Å². The van der Waals surface area contributed by atoms with Gasteiger partial charge in [0.15, 0.2) is 5.69 Å². The Morgan fingerprint density at radius 2 is 1.93 bits per heavy atom. The minimum Gasteiger partial charge on any atom is -0.465 e. The molecule has 28 heavy (non-hydrogen) atoms. The van der Waals surface area contributed by atoms with Crippen LogP contribution in [0.1, 0.15) is 28.9 Å². The molecule has 10 heteroatoms. The summed E-state index contributed by atoms with van der Waals surface area (Å²) in [6.45, 7) is 1.24. The van der Waals surface area contributed by atoms with Gasteiger partial charge in [0.1, 0.15) is 6.54 Å². The first-order valence-corrected chi connectivity index (χ1v) is 8.66. The number of amides is 1. The van der Waals surface area contributed by atoms with Crippen molar-refractivity contribution in [2.24, 2.45) is 0 Å². The molecule has 3 rings (SSSR count). The first-order valence-electron chi connectivity index (χ1n) is 8.66. The summed E-state index contributed by atoms with van der Waals surface area (Å²) in [5, 5.41) is 6.04. The van der Waals surface area contributed by atoms with Crippen LogP contribution < -0.4 is 10.2 Å². The van der Waals surface area contributed by atoms with Crippen molar-refractivity contribution in [1.29, 1.82) is 0 Å². The number of methoxy groups -OCH3 is 1. The molecule has 150 valence electrons. The van der Waals surface area contributed by atoms with E-state index >= 15 is 0 Å². The third kappa shape index (κ3) is 4.44. The lowest BCUT2D eigenvalue weighted by molar-refractivity contribution is -0.141. The summed E-state index contributed by atoms with van der Waals surface area (Å²) in [6, 6.07) is 5.64. The van der Waals surface area contributed by atoms with E-state index in [2.05, 4.69) is 15.3 Å². The van der Waals surface area contributed by atoms with Gasteiger partial charge in [-0.3, -0.25) is 9.48 Å². The Morgan fingerprint density at radius 3 is 2.54 bits per heavy atom. The lowest BCUT2D eigenvalue weighted by atomic mass is 10.1. The lowest BCUT2D eigenvalue weighted by Crippen LogP contribution is -2.24. The first-order chi connectivity index (χ1) is 13.3. The van der Waals surface area contributed by atoms with Crippen LogP contribution in [0.5, 0.6) is 0 Å². The number of aromatic nitrogens is 2. The van der Waals surface area contributed by atoms with Gasteiger partial charge in [-0.15, -0.1) is 0 Å². The largest absolute Gasteiger partial charge is 0.465 e. The summed E-state index contributed by atoms with van der Waals surface area (Å²) in [7, 11) is 1.25. The van der Waals surface area contributed by atoms with E-state index < -0.39 is 30.3 Å². The highest BCUT2D eigenvalue weighted by molar-refractivity contribution is 5.98. The molecule has 0 radical (unpaired) electrons. The summed E-state index contributed by atoms with van der Waals surface area (Å²) < 4.78 is 43.5. The molecule has 2 heterocycles. The molecule has 0 spiro atoms. The standard InChI is InChI=1S/C18H19F3N4O3/c1-28-17(27)12-4-5-14(24-7-2-3-8-24)13(10-12)22-16(26)11-25-9-6-15(23-25)18(19,20)21/h4-6,9-10H,2-3,7-8,11H2,1H3,(H,22,26). The predicted molar refractivity (Wildman–Crippen MR) is 95.1 cm³/mol. The van der Waals surface area contributed by atoms with Gasteiger partial charge in [-0.2, -0.15) is 18.3 Å². The Labute approximate surface area is 159 Å². The number of carbonyl (C=O) groups excluding carboxylic acids is 2. The van der Waals surface area contributed by atoms with Gasteiger partial charge in [0.05, 0.1) is 24.0 Å². The predicted octanol–water partition coefficient (Wildman–Crippen LogP) is 2.93. The SMILES string of the molecule is COC(=O)c1ccc(N2CCCC2)c(NC(=O)Cn2ccc(C(F)(F)F)n2)c1. The van der Waals surface area contributed by atoms with Gasteiger partial charge >= 0.3 is 12.1 Å². The number of rotatable bonds is 5.